The zero-order chi connectivity index (χ0) is 48.8. The zero-order valence-electron chi connectivity index (χ0n) is 45.7. The first-order valence-corrected chi connectivity index (χ1v) is 29.4. The van der Waals surface area contributed by atoms with Crippen molar-refractivity contribution in [2.24, 2.45) is 23.7 Å². The summed E-state index contributed by atoms with van der Waals surface area (Å²) in [5.41, 5.74) is 0. The van der Waals surface area contributed by atoms with Crippen molar-refractivity contribution in [3.05, 3.63) is 24.3 Å². The van der Waals surface area contributed by atoms with Gasteiger partial charge in [-0.15, -0.1) is 0 Å². The van der Waals surface area contributed by atoms with Gasteiger partial charge in [-0.2, -0.15) is 0 Å². The molecule has 0 bridgehead atoms. The number of carbonyl (C=O) groups is 2. The summed E-state index contributed by atoms with van der Waals surface area (Å²) in [7, 11) is 8.16. The summed E-state index contributed by atoms with van der Waals surface area (Å²) in [6.45, 7) is 9.09. The fourth-order valence-corrected chi connectivity index (χ4v) is 10.2. The van der Waals surface area contributed by atoms with Gasteiger partial charge in [0.25, 0.3) is 0 Å². The smallest absolute Gasteiger partial charge is 0.226 e. The minimum Gasteiger partial charge on any atom is -0.396 e. The summed E-state index contributed by atoms with van der Waals surface area (Å²) in [5, 5.41) is 9.51. The van der Waals surface area contributed by atoms with Crippen LogP contribution in [0, 0.1) is 23.7 Å². The fourth-order valence-electron chi connectivity index (χ4n) is 10.2. The molecule has 4 unspecified atom stereocenters. The summed E-state index contributed by atoms with van der Waals surface area (Å²) in [6, 6.07) is 0. The van der Waals surface area contributed by atoms with Crippen molar-refractivity contribution in [3.63, 3.8) is 0 Å². The number of allylic oxidation sites excluding steroid dienone is 4. The molecule has 7 heteroatoms. The molecule has 1 N–H and O–H groups in total. The Morgan fingerprint density at radius 2 is 0.716 bits per heavy atom. The number of amides is 2. The lowest BCUT2D eigenvalue weighted by Crippen LogP contribution is -2.39. The number of aliphatic hydroxyl groups is 1. The first-order chi connectivity index (χ1) is 32.8. The molecule has 67 heavy (non-hydrogen) atoms. The maximum atomic E-state index is 13.1. The number of hydrogen-bond acceptors (Lipinski definition) is 5. The Morgan fingerprint density at radius 3 is 1.06 bits per heavy atom. The van der Waals surface area contributed by atoms with Crippen LogP contribution in [0.2, 0.25) is 0 Å². The van der Waals surface area contributed by atoms with Crippen LogP contribution < -0.4 is 0 Å². The Kier molecular flexibility index (Phi) is 44.1. The van der Waals surface area contributed by atoms with E-state index < -0.39 is 0 Å². The van der Waals surface area contributed by atoms with Crippen LogP contribution in [-0.4, -0.2) is 99.3 Å². The monoisotopic (exact) mass is 942 g/mol. The van der Waals surface area contributed by atoms with E-state index in [0.717, 1.165) is 77.8 Å². The molecule has 0 saturated heterocycles. The average molecular weight is 943 g/mol. The Hall–Kier alpha value is -1.70. The van der Waals surface area contributed by atoms with E-state index in [0.29, 0.717) is 11.8 Å². The molecule has 0 saturated carbocycles. The van der Waals surface area contributed by atoms with Gasteiger partial charge < -0.3 is 24.5 Å². The van der Waals surface area contributed by atoms with E-state index in [1.165, 1.54) is 199 Å². The molecule has 0 aromatic heterocycles. The van der Waals surface area contributed by atoms with Crippen LogP contribution >= 0.6 is 0 Å². The van der Waals surface area contributed by atoms with Crippen LogP contribution in [0.15, 0.2) is 24.3 Å². The van der Waals surface area contributed by atoms with Crippen molar-refractivity contribution in [2.45, 2.75) is 258 Å². The Labute approximate surface area is 417 Å². The van der Waals surface area contributed by atoms with Gasteiger partial charge in [-0.3, -0.25) is 9.59 Å². The van der Waals surface area contributed by atoms with E-state index in [9.17, 15) is 14.7 Å². The van der Waals surface area contributed by atoms with Crippen molar-refractivity contribution < 1.29 is 19.4 Å². The van der Waals surface area contributed by atoms with Gasteiger partial charge in [-0.1, -0.05) is 231 Å². The number of carbonyl (C=O) groups excluding carboxylic acids is 2. The third kappa shape index (κ3) is 36.0. The maximum absolute atomic E-state index is 13.1. The number of aliphatic hydroxyl groups excluding tert-OH is 1. The molecule has 0 aromatic carbocycles. The van der Waals surface area contributed by atoms with E-state index in [1.54, 1.807) is 0 Å². The first-order valence-electron chi connectivity index (χ1n) is 29.4. The Morgan fingerprint density at radius 1 is 0.418 bits per heavy atom. The highest BCUT2D eigenvalue weighted by Crippen LogP contribution is 2.29. The van der Waals surface area contributed by atoms with Crippen LogP contribution in [0.1, 0.15) is 258 Å². The summed E-state index contributed by atoms with van der Waals surface area (Å²) >= 11 is 0. The van der Waals surface area contributed by atoms with Crippen molar-refractivity contribution in [1.82, 2.24) is 14.7 Å². The standard InChI is InChI=1S/C33H64N2O2.C27H51NO2/c1-5-6-7-8-9-10-11-12-13-14-15-16-17-18-19-22-28-35(4)33(36)32-26-21-20-25-31(32)30-37-29-24-23-27-34(2)3;1-3-4-5-6-7-8-9-10-11-12-13-14-15-16-17-20-23-28(2)27(30)26-22-19-18-21-25(26)24-29/h20-21,31-32H,5-19,22-30H2,1-4H3;18-19,25-26,29H,3-17,20-24H2,1-2H3. The Bertz CT molecular complexity index is 1160. The molecule has 0 aromatic rings. The zero-order valence-corrected chi connectivity index (χ0v) is 45.7. The van der Waals surface area contributed by atoms with Crippen molar-refractivity contribution >= 4 is 11.8 Å². The van der Waals surface area contributed by atoms with Crippen LogP contribution in [0.5, 0.6) is 0 Å². The number of ether oxygens (including phenoxy) is 1. The number of hydrogen-bond donors (Lipinski definition) is 1. The second-order valence-corrected chi connectivity index (χ2v) is 21.5. The molecule has 0 heterocycles. The highest BCUT2D eigenvalue weighted by Gasteiger charge is 2.31. The van der Waals surface area contributed by atoms with Gasteiger partial charge >= 0.3 is 0 Å². The molecule has 394 valence electrons. The third-order valence-corrected chi connectivity index (χ3v) is 14.9. The quantitative estimate of drug-likeness (QED) is 0.0487. The van der Waals surface area contributed by atoms with Gasteiger partial charge in [-0.25, -0.2) is 0 Å². The SMILES string of the molecule is CCCCCCCCCCCCCCCCCCN(C)C(=O)C1CC=CCC1CO.CCCCCCCCCCCCCCCCCCN(C)C(=O)C1CC=CCC1COCCCCN(C)C. The van der Waals surface area contributed by atoms with Crippen molar-refractivity contribution in [3.8, 4) is 0 Å². The summed E-state index contributed by atoms with van der Waals surface area (Å²) < 4.78 is 5.99. The number of rotatable bonds is 44. The molecule has 0 spiro atoms. The first kappa shape index (κ1) is 63.3. The van der Waals surface area contributed by atoms with Gasteiger partial charge in [0.1, 0.15) is 0 Å². The highest BCUT2D eigenvalue weighted by atomic mass is 16.5. The van der Waals surface area contributed by atoms with Gasteiger partial charge in [0, 0.05) is 52.2 Å². The van der Waals surface area contributed by atoms with Crippen LogP contribution in [-0.2, 0) is 14.3 Å². The van der Waals surface area contributed by atoms with Gasteiger partial charge in [0.15, 0.2) is 0 Å². The fraction of sp³-hybridized carbons (Fsp3) is 0.900. The third-order valence-electron chi connectivity index (χ3n) is 14.9. The predicted molar refractivity (Wildman–Crippen MR) is 291 cm³/mol. The van der Waals surface area contributed by atoms with Crippen molar-refractivity contribution in [1.29, 1.82) is 0 Å². The largest absolute Gasteiger partial charge is 0.396 e. The Balaban J connectivity index is 0.000000685. The molecule has 4 atom stereocenters. The number of nitrogens with zero attached hydrogens (tertiary/aromatic N) is 3. The highest BCUT2D eigenvalue weighted by molar-refractivity contribution is 5.79. The minimum absolute atomic E-state index is 0.0222. The van der Waals surface area contributed by atoms with Crippen LogP contribution in [0.25, 0.3) is 0 Å². The predicted octanol–water partition coefficient (Wildman–Crippen LogP) is 15.9. The van der Waals surface area contributed by atoms with Gasteiger partial charge in [-0.05, 0) is 83.8 Å². The molecule has 2 aliphatic rings. The maximum Gasteiger partial charge on any atom is 0.226 e. The molecular formula is C60H115N3O4. The lowest BCUT2D eigenvalue weighted by molar-refractivity contribution is -0.137. The minimum atomic E-state index is -0.0222. The van der Waals surface area contributed by atoms with E-state index in [1.807, 2.05) is 23.9 Å². The molecule has 0 fully saturated rings. The molecule has 2 amide bonds. The second-order valence-electron chi connectivity index (χ2n) is 21.5. The van der Waals surface area contributed by atoms with E-state index in [-0.39, 0.29) is 30.3 Å². The molecule has 2 aliphatic carbocycles. The number of unbranched alkanes of at least 4 members (excludes halogenated alkanes) is 31. The average Bonchev–Trinajstić information content (AvgIpc) is 3.34. The van der Waals surface area contributed by atoms with Gasteiger partial charge in [0.2, 0.25) is 11.8 Å². The van der Waals surface area contributed by atoms with E-state index in [2.05, 4.69) is 57.1 Å². The molecule has 2 rings (SSSR count). The molecule has 7 nitrogen and oxygen atoms in total. The van der Waals surface area contributed by atoms with E-state index in [4.69, 9.17) is 4.74 Å². The van der Waals surface area contributed by atoms with Crippen LogP contribution in [0.4, 0.5) is 0 Å². The van der Waals surface area contributed by atoms with Gasteiger partial charge in [0.05, 0.1) is 6.61 Å². The topological polar surface area (TPSA) is 73.3 Å². The summed E-state index contributed by atoms with van der Waals surface area (Å²) in [4.78, 5) is 31.9. The summed E-state index contributed by atoms with van der Waals surface area (Å²) in [5.74, 6) is 1.06. The van der Waals surface area contributed by atoms with Crippen LogP contribution in [0.3, 0.4) is 0 Å². The normalized spacial score (nSPS) is 18.0. The molecule has 0 radical (unpaired) electrons. The van der Waals surface area contributed by atoms with E-state index >= 15 is 0 Å². The second kappa shape index (κ2) is 46.7. The lowest BCUT2D eigenvalue weighted by Gasteiger charge is -2.31. The molecule has 0 aliphatic heterocycles. The van der Waals surface area contributed by atoms with Crippen molar-refractivity contribution in [2.75, 3.05) is 67.6 Å². The molecular weight excluding hydrogens is 827 g/mol. The lowest BCUT2D eigenvalue weighted by atomic mass is 9.82. The summed E-state index contributed by atoms with van der Waals surface area (Å²) in [6.07, 6.45) is 58.5.